The monoisotopic (exact) mass is 338 g/mol. The highest BCUT2D eigenvalue weighted by molar-refractivity contribution is 9.10. The van der Waals surface area contributed by atoms with Crippen molar-refractivity contribution >= 4 is 43.2 Å². The zero-order valence-electron chi connectivity index (χ0n) is 9.23. The number of aromatic nitrogens is 1. The molecule has 17 heavy (non-hydrogen) atoms. The standard InChI is InChI=1S/C10H12BrClN2O2S/c1-7-6-17(15,16)3-2-14(7)10-9(12)4-8(11)5-13-10/h4-5,7H,2-3,6H2,1H3. The van der Waals surface area contributed by atoms with Crippen molar-refractivity contribution in [1.82, 2.24) is 4.98 Å². The summed E-state index contributed by atoms with van der Waals surface area (Å²) in [4.78, 5) is 6.19. The van der Waals surface area contributed by atoms with E-state index in [1.165, 1.54) is 0 Å². The van der Waals surface area contributed by atoms with Crippen LogP contribution in [0.2, 0.25) is 5.02 Å². The van der Waals surface area contributed by atoms with Gasteiger partial charge in [0.15, 0.2) is 9.84 Å². The summed E-state index contributed by atoms with van der Waals surface area (Å²) in [7, 11) is -2.92. The van der Waals surface area contributed by atoms with Gasteiger partial charge in [-0.25, -0.2) is 13.4 Å². The van der Waals surface area contributed by atoms with Gasteiger partial charge in [-0.1, -0.05) is 11.6 Å². The van der Waals surface area contributed by atoms with Gasteiger partial charge in [0.25, 0.3) is 0 Å². The molecule has 2 heterocycles. The van der Waals surface area contributed by atoms with Crippen molar-refractivity contribution in [2.45, 2.75) is 13.0 Å². The number of anilines is 1. The molecule has 4 nitrogen and oxygen atoms in total. The van der Waals surface area contributed by atoms with Gasteiger partial charge in [-0.2, -0.15) is 0 Å². The van der Waals surface area contributed by atoms with Crippen LogP contribution in [0, 0.1) is 0 Å². The summed E-state index contributed by atoms with van der Waals surface area (Å²) >= 11 is 9.41. The maximum atomic E-state index is 11.5. The summed E-state index contributed by atoms with van der Waals surface area (Å²) < 4.78 is 23.8. The molecule has 0 N–H and O–H groups in total. The minimum atomic E-state index is -2.92. The predicted octanol–water partition coefficient (Wildman–Crippen LogP) is 2.12. The molecule has 1 unspecified atom stereocenters. The third-order valence-electron chi connectivity index (χ3n) is 2.73. The molecule has 1 fully saturated rings. The van der Waals surface area contributed by atoms with E-state index in [1.54, 1.807) is 12.3 Å². The molecule has 0 saturated carbocycles. The van der Waals surface area contributed by atoms with Gasteiger partial charge in [0.1, 0.15) is 5.82 Å². The second kappa shape index (κ2) is 4.74. The first-order valence-electron chi connectivity index (χ1n) is 5.17. The Morgan fingerprint density at radius 2 is 2.29 bits per heavy atom. The van der Waals surface area contributed by atoms with E-state index < -0.39 is 9.84 Å². The highest BCUT2D eigenvalue weighted by Gasteiger charge is 2.29. The molecule has 0 aromatic carbocycles. The zero-order valence-corrected chi connectivity index (χ0v) is 12.4. The number of hydrogen-bond donors (Lipinski definition) is 0. The molecule has 0 bridgehead atoms. The van der Waals surface area contributed by atoms with Crippen molar-refractivity contribution < 1.29 is 8.42 Å². The van der Waals surface area contributed by atoms with Crippen molar-refractivity contribution in [3.05, 3.63) is 21.8 Å². The number of sulfone groups is 1. The number of nitrogens with zero attached hydrogens (tertiary/aromatic N) is 2. The van der Waals surface area contributed by atoms with Gasteiger partial charge in [-0.15, -0.1) is 0 Å². The molecule has 1 aromatic rings. The van der Waals surface area contributed by atoms with Crippen LogP contribution in [0.15, 0.2) is 16.7 Å². The van der Waals surface area contributed by atoms with Crippen molar-refractivity contribution in [3.8, 4) is 0 Å². The van der Waals surface area contributed by atoms with Crippen molar-refractivity contribution in [2.24, 2.45) is 0 Å². The summed E-state index contributed by atoms with van der Waals surface area (Å²) in [5.41, 5.74) is 0. The summed E-state index contributed by atoms with van der Waals surface area (Å²) in [6.45, 7) is 2.31. The summed E-state index contributed by atoms with van der Waals surface area (Å²) in [6.07, 6.45) is 1.66. The highest BCUT2D eigenvalue weighted by atomic mass is 79.9. The SMILES string of the molecule is CC1CS(=O)(=O)CCN1c1ncc(Br)cc1Cl. The zero-order chi connectivity index (χ0) is 12.6. The number of halogens is 2. The number of hydrogen-bond acceptors (Lipinski definition) is 4. The van der Waals surface area contributed by atoms with Crippen molar-refractivity contribution in [1.29, 1.82) is 0 Å². The Kier molecular flexibility index (Phi) is 3.66. The topological polar surface area (TPSA) is 50.3 Å². The largest absolute Gasteiger partial charge is 0.351 e. The van der Waals surface area contributed by atoms with Crippen LogP contribution in [-0.4, -0.2) is 37.5 Å². The van der Waals surface area contributed by atoms with Crippen LogP contribution in [0.5, 0.6) is 0 Å². The van der Waals surface area contributed by atoms with Crippen LogP contribution in [0.4, 0.5) is 5.82 Å². The lowest BCUT2D eigenvalue weighted by atomic mass is 10.3. The van der Waals surface area contributed by atoms with E-state index in [1.807, 2.05) is 11.8 Å². The van der Waals surface area contributed by atoms with Crippen molar-refractivity contribution in [3.63, 3.8) is 0 Å². The minimum Gasteiger partial charge on any atom is -0.351 e. The third-order valence-corrected chi connectivity index (χ3v) is 5.24. The highest BCUT2D eigenvalue weighted by Crippen LogP contribution is 2.29. The van der Waals surface area contributed by atoms with Gasteiger partial charge in [0, 0.05) is 23.3 Å². The first-order chi connectivity index (χ1) is 7.89. The molecular formula is C10H12BrClN2O2S. The molecule has 1 aliphatic rings. The van der Waals surface area contributed by atoms with Gasteiger partial charge < -0.3 is 4.90 Å². The molecular weight excluding hydrogens is 328 g/mol. The van der Waals surface area contributed by atoms with Gasteiger partial charge in [-0.05, 0) is 28.9 Å². The van der Waals surface area contributed by atoms with Gasteiger partial charge >= 0.3 is 0 Å². The molecule has 0 amide bonds. The number of pyridine rings is 1. The summed E-state index contributed by atoms with van der Waals surface area (Å²) in [5.74, 6) is 0.962. The second-order valence-electron chi connectivity index (χ2n) is 4.12. The van der Waals surface area contributed by atoms with Crippen LogP contribution >= 0.6 is 27.5 Å². The first-order valence-corrected chi connectivity index (χ1v) is 8.16. The maximum absolute atomic E-state index is 11.5. The quantitative estimate of drug-likeness (QED) is 0.786. The Hall–Kier alpha value is -0.330. The molecule has 94 valence electrons. The van der Waals surface area contributed by atoms with E-state index in [0.29, 0.717) is 17.4 Å². The van der Waals surface area contributed by atoms with E-state index in [0.717, 1.165) is 4.47 Å². The fraction of sp³-hybridized carbons (Fsp3) is 0.500. The van der Waals surface area contributed by atoms with Crippen LogP contribution in [0.1, 0.15) is 6.92 Å². The average Bonchev–Trinajstić information content (AvgIpc) is 2.18. The fourth-order valence-electron chi connectivity index (χ4n) is 1.93. The van der Waals surface area contributed by atoms with Gasteiger partial charge in [0.05, 0.1) is 16.5 Å². The Balaban J connectivity index is 2.29. The molecule has 0 aliphatic carbocycles. The second-order valence-corrected chi connectivity index (χ2v) is 7.67. The molecule has 1 aliphatic heterocycles. The molecule has 1 aromatic heterocycles. The molecule has 2 rings (SSSR count). The molecule has 0 radical (unpaired) electrons. The Morgan fingerprint density at radius 3 is 2.88 bits per heavy atom. The van der Waals surface area contributed by atoms with E-state index in [9.17, 15) is 8.42 Å². The summed E-state index contributed by atoms with van der Waals surface area (Å²) in [6, 6.07) is 1.67. The van der Waals surface area contributed by atoms with Gasteiger partial charge in [-0.3, -0.25) is 0 Å². The predicted molar refractivity (Wildman–Crippen MR) is 72.4 cm³/mol. The van der Waals surface area contributed by atoms with Crippen LogP contribution in [-0.2, 0) is 9.84 Å². The maximum Gasteiger partial charge on any atom is 0.154 e. The average molecular weight is 340 g/mol. The molecule has 7 heteroatoms. The van der Waals surface area contributed by atoms with Crippen LogP contribution in [0.3, 0.4) is 0 Å². The van der Waals surface area contributed by atoms with E-state index >= 15 is 0 Å². The van der Waals surface area contributed by atoms with E-state index in [-0.39, 0.29) is 17.5 Å². The Bertz CT molecular complexity index is 535. The van der Waals surface area contributed by atoms with Crippen molar-refractivity contribution in [2.75, 3.05) is 23.0 Å². The Morgan fingerprint density at radius 1 is 1.59 bits per heavy atom. The molecule has 1 saturated heterocycles. The van der Waals surface area contributed by atoms with E-state index in [4.69, 9.17) is 11.6 Å². The first kappa shape index (κ1) is 13.1. The lowest BCUT2D eigenvalue weighted by Crippen LogP contribution is -2.47. The third kappa shape index (κ3) is 2.92. The van der Waals surface area contributed by atoms with E-state index in [2.05, 4.69) is 20.9 Å². The van der Waals surface area contributed by atoms with Crippen LogP contribution < -0.4 is 4.90 Å². The lowest BCUT2D eigenvalue weighted by molar-refractivity contribution is 0.567. The minimum absolute atomic E-state index is 0.0973. The number of rotatable bonds is 1. The van der Waals surface area contributed by atoms with Gasteiger partial charge in [0.2, 0.25) is 0 Å². The normalized spacial score (nSPS) is 23.7. The smallest absolute Gasteiger partial charge is 0.154 e. The summed E-state index contributed by atoms with van der Waals surface area (Å²) in [5, 5.41) is 0.533. The lowest BCUT2D eigenvalue weighted by Gasteiger charge is -2.34. The molecule has 1 atom stereocenters. The molecule has 0 spiro atoms. The fourth-order valence-corrected chi connectivity index (χ4v) is 4.23. The van der Waals surface area contributed by atoms with Crippen LogP contribution in [0.25, 0.3) is 0 Å². The Labute approximate surface area is 114 Å².